The number of aromatic nitrogens is 1. The third-order valence-corrected chi connectivity index (χ3v) is 4.37. The average Bonchev–Trinajstić information content (AvgIpc) is 2.47. The van der Waals surface area contributed by atoms with Gasteiger partial charge in [-0.25, -0.2) is 0 Å². The van der Waals surface area contributed by atoms with Crippen molar-refractivity contribution in [3.8, 4) is 22.3 Å². The van der Waals surface area contributed by atoms with E-state index in [0.717, 1.165) is 0 Å². The lowest BCUT2D eigenvalue weighted by Crippen LogP contribution is -2.11. The molecule has 24 heavy (non-hydrogen) atoms. The van der Waals surface area contributed by atoms with Crippen LogP contribution >= 0.6 is 46.4 Å². The SMILES string of the molecule is Cn1cc(-c2cc(Cl)cc(Cl)c2)c(=O)c(-c2cc(Cl)cc(Cl)c2)c1. The maximum Gasteiger partial charge on any atom is 0.197 e. The molecule has 3 rings (SSSR count). The van der Waals surface area contributed by atoms with Gasteiger partial charge >= 0.3 is 0 Å². The van der Waals surface area contributed by atoms with Crippen molar-refractivity contribution in [2.24, 2.45) is 7.05 Å². The first-order chi connectivity index (χ1) is 11.3. The van der Waals surface area contributed by atoms with Crippen molar-refractivity contribution in [2.45, 2.75) is 0 Å². The zero-order valence-electron chi connectivity index (χ0n) is 12.5. The standard InChI is InChI=1S/C18H11Cl4NO/c1-23-8-16(10-2-12(19)6-13(20)3-10)18(24)17(9-23)11-4-14(21)7-15(22)5-11/h2-9H,1H3. The molecule has 1 heterocycles. The van der Waals surface area contributed by atoms with Crippen LogP contribution in [0.15, 0.2) is 53.6 Å². The predicted octanol–water partition coefficient (Wildman–Crippen LogP) is 6.33. The van der Waals surface area contributed by atoms with Gasteiger partial charge in [-0.2, -0.15) is 0 Å². The van der Waals surface area contributed by atoms with E-state index >= 15 is 0 Å². The molecule has 1 aromatic heterocycles. The van der Waals surface area contributed by atoms with Gasteiger partial charge in [-0.05, 0) is 47.5 Å². The third-order valence-electron chi connectivity index (χ3n) is 3.50. The van der Waals surface area contributed by atoms with E-state index < -0.39 is 0 Å². The van der Waals surface area contributed by atoms with Crippen molar-refractivity contribution in [1.29, 1.82) is 0 Å². The number of benzene rings is 2. The molecule has 6 heteroatoms. The monoisotopic (exact) mass is 397 g/mol. The molecule has 2 nitrogen and oxygen atoms in total. The van der Waals surface area contributed by atoms with Gasteiger partial charge in [-0.15, -0.1) is 0 Å². The molecule has 0 atom stereocenters. The molecular formula is C18H11Cl4NO. The van der Waals surface area contributed by atoms with E-state index in [1.807, 2.05) is 7.05 Å². The van der Waals surface area contributed by atoms with E-state index in [4.69, 9.17) is 46.4 Å². The molecule has 0 spiro atoms. The van der Waals surface area contributed by atoms with Crippen LogP contribution in [0.4, 0.5) is 0 Å². The molecule has 0 saturated carbocycles. The highest BCUT2D eigenvalue weighted by atomic mass is 35.5. The summed E-state index contributed by atoms with van der Waals surface area (Å²) in [6.07, 6.45) is 3.47. The van der Waals surface area contributed by atoms with Crippen LogP contribution in [0.1, 0.15) is 0 Å². The first-order valence-corrected chi connectivity index (χ1v) is 8.48. The Morgan fingerprint density at radius 2 is 1.00 bits per heavy atom. The highest BCUT2D eigenvalue weighted by molar-refractivity contribution is 6.35. The number of rotatable bonds is 2. The van der Waals surface area contributed by atoms with Crippen LogP contribution in [0.3, 0.4) is 0 Å². The fourth-order valence-electron chi connectivity index (χ4n) is 2.54. The second-order valence-electron chi connectivity index (χ2n) is 5.40. The molecule has 0 amide bonds. The molecule has 0 fully saturated rings. The molecule has 0 aliphatic carbocycles. The van der Waals surface area contributed by atoms with Gasteiger partial charge in [-0.3, -0.25) is 4.79 Å². The van der Waals surface area contributed by atoms with Crippen LogP contribution in [0.5, 0.6) is 0 Å². The van der Waals surface area contributed by atoms with E-state index in [-0.39, 0.29) is 5.43 Å². The van der Waals surface area contributed by atoms with Gasteiger partial charge in [0, 0.05) is 50.7 Å². The van der Waals surface area contributed by atoms with Crippen LogP contribution in [0.2, 0.25) is 20.1 Å². The second-order valence-corrected chi connectivity index (χ2v) is 7.14. The number of aryl methyl sites for hydroxylation is 1. The normalized spacial score (nSPS) is 10.9. The Labute approximate surface area is 159 Å². The summed E-state index contributed by atoms with van der Waals surface area (Å²) in [6.45, 7) is 0. The lowest BCUT2D eigenvalue weighted by Gasteiger charge is -2.10. The minimum atomic E-state index is -0.148. The van der Waals surface area contributed by atoms with Gasteiger partial charge in [0.25, 0.3) is 0 Å². The Hall–Kier alpha value is -1.45. The van der Waals surface area contributed by atoms with E-state index in [2.05, 4.69) is 0 Å². The van der Waals surface area contributed by atoms with Crippen molar-refractivity contribution in [2.75, 3.05) is 0 Å². The summed E-state index contributed by atoms with van der Waals surface area (Å²) in [5, 5.41) is 1.87. The zero-order chi connectivity index (χ0) is 17.4. The maximum atomic E-state index is 13.0. The van der Waals surface area contributed by atoms with E-state index in [0.29, 0.717) is 42.3 Å². The Morgan fingerprint density at radius 1 is 0.667 bits per heavy atom. The van der Waals surface area contributed by atoms with Gasteiger partial charge in [0.1, 0.15) is 0 Å². The number of hydrogen-bond acceptors (Lipinski definition) is 1. The van der Waals surface area contributed by atoms with Crippen LogP contribution in [0.25, 0.3) is 22.3 Å². The average molecular weight is 399 g/mol. The van der Waals surface area contributed by atoms with E-state index in [1.165, 1.54) is 0 Å². The molecule has 0 N–H and O–H groups in total. The van der Waals surface area contributed by atoms with Gasteiger partial charge in [-0.1, -0.05) is 46.4 Å². The first kappa shape index (κ1) is 17.4. The smallest absolute Gasteiger partial charge is 0.197 e. The Morgan fingerprint density at radius 3 is 1.33 bits per heavy atom. The van der Waals surface area contributed by atoms with E-state index in [1.54, 1.807) is 53.4 Å². The Balaban J connectivity index is 2.27. The topological polar surface area (TPSA) is 22.0 Å². The van der Waals surface area contributed by atoms with Gasteiger partial charge < -0.3 is 4.57 Å². The molecule has 0 aliphatic heterocycles. The fourth-order valence-corrected chi connectivity index (χ4v) is 3.59. The molecule has 2 aromatic carbocycles. The second kappa shape index (κ2) is 6.81. The molecule has 0 bridgehead atoms. The summed E-state index contributed by atoms with van der Waals surface area (Å²) in [6, 6.07) is 10.1. The Kier molecular flexibility index (Phi) is 4.93. The lowest BCUT2D eigenvalue weighted by atomic mass is 10.0. The van der Waals surface area contributed by atoms with Crippen molar-refractivity contribution in [3.63, 3.8) is 0 Å². The summed E-state index contributed by atoms with van der Waals surface area (Å²) in [7, 11) is 1.84. The predicted molar refractivity (Wildman–Crippen MR) is 103 cm³/mol. The summed E-state index contributed by atoms with van der Waals surface area (Å²) in [5.74, 6) is 0. The number of hydrogen-bond donors (Lipinski definition) is 0. The number of nitrogens with zero attached hydrogens (tertiary/aromatic N) is 1. The number of halogens is 4. The minimum absolute atomic E-state index is 0.148. The fraction of sp³-hybridized carbons (Fsp3) is 0.0556. The summed E-state index contributed by atoms with van der Waals surface area (Å²) in [5.41, 5.74) is 2.15. The van der Waals surface area contributed by atoms with Crippen molar-refractivity contribution in [1.82, 2.24) is 4.57 Å². The third kappa shape index (κ3) is 3.62. The van der Waals surface area contributed by atoms with Crippen LogP contribution in [-0.2, 0) is 7.05 Å². The van der Waals surface area contributed by atoms with Crippen molar-refractivity contribution in [3.05, 3.63) is 79.1 Å². The molecule has 0 aliphatic rings. The first-order valence-electron chi connectivity index (χ1n) is 6.97. The minimum Gasteiger partial charge on any atom is -0.356 e. The molecular weight excluding hydrogens is 388 g/mol. The Bertz CT molecular complexity index is 879. The van der Waals surface area contributed by atoms with Crippen LogP contribution in [0, 0.1) is 0 Å². The highest BCUT2D eigenvalue weighted by Gasteiger charge is 2.13. The van der Waals surface area contributed by atoms with Crippen molar-refractivity contribution < 1.29 is 0 Å². The zero-order valence-corrected chi connectivity index (χ0v) is 15.5. The van der Waals surface area contributed by atoms with Crippen LogP contribution < -0.4 is 5.43 Å². The molecule has 3 aromatic rings. The van der Waals surface area contributed by atoms with Gasteiger partial charge in [0.2, 0.25) is 0 Å². The van der Waals surface area contributed by atoms with E-state index in [9.17, 15) is 4.79 Å². The lowest BCUT2D eigenvalue weighted by molar-refractivity contribution is 0.904. The summed E-state index contributed by atoms with van der Waals surface area (Å²) in [4.78, 5) is 13.0. The van der Waals surface area contributed by atoms with Crippen LogP contribution in [-0.4, -0.2) is 4.57 Å². The molecule has 122 valence electrons. The molecule has 0 radical (unpaired) electrons. The van der Waals surface area contributed by atoms with Gasteiger partial charge in [0.15, 0.2) is 5.43 Å². The highest BCUT2D eigenvalue weighted by Crippen LogP contribution is 2.29. The van der Waals surface area contributed by atoms with Gasteiger partial charge in [0.05, 0.1) is 0 Å². The molecule has 0 unspecified atom stereocenters. The van der Waals surface area contributed by atoms with Crippen molar-refractivity contribution >= 4 is 46.4 Å². The summed E-state index contributed by atoms with van der Waals surface area (Å²) >= 11 is 24.2. The number of pyridine rings is 1. The molecule has 0 saturated heterocycles. The largest absolute Gasteiger partial charge is 0.356 e. The quantitative estimate of drug-likeness (QED) is 0.494. The maximum absolute atomic E-state index is 13.0. The summed E-state index contributed by atoms with van der Waals surface area (Å²) < 4.78 is 1.80.